The first-order valence-corrected chi connectivity index (χ1v) is 12.6. The second kappa shape index (κ2) is 10.1. The number of thioether (sulfide) groups is 1. The van der Waals surface area contributed by atoms with Gasteiger partial charge in [-0.25, -0.2) is 0 Å². The number of rotatable bonds is 8. The number of hydrogen-bond donors (Lipinski definition) is 0. The third-order valence-corrected chi connectivity index (χ3v) is 7.27. The van der Waals surface area contributed by atoms with Crippen LogP contribution in [0.5, 0.6) is 5.75 Å². The van der Waals surface area contributed by atoms with E-state index in [2.05, 4.69) is 36.7 Å². The summed E-state index contributed by atoms with van der Waals surface area (Å²) in [6, 6.07) is 7.61. The van der Waals surface area contributed by atoms with E-state index < -0.39 is 0 Å². The van der Waals surface area contributed by atoms with Crippen molar-refractivity contribution in [2.75, 3.05) is 31.7 Å². The zero-order valence-corrected chi connectivity index (χ0v) is 20.0. The van der Waals surface area contributed by atoms with Crippen LogP contribution in [-0.4, -0.2) is 57.8 Å². The SMILES string of the molecule is COc1ccc(-c2noc(CSc3nnc(N4CCC(C)CC4)n3CC3CCCO3)n2)cc1. The molecule has 176 valence electrons. The van der Waals surface area contributed by atoms with E-state index in [1.807, 2.05) is 24.3 Å². The standard InChI is InChI=1S/C23H30N6O3S/c1-16-9-11-28(12-10-16)22-25-26-23(29(22)14-19-4-3-13-31-19)33-15-20-24-21(27-32-20)17-5-7-18(30-2)8-6-17/h5-8,16,19H,3-4,9-15H2,1-2H3. The third kappa shape index (κ3) is 5.16. The molecular weight excluding hydrogens is 440 g/mol. The van der Waals surface area contributed by atoms with Gasteiger partial charge in [0.25, 0.3) is 0 Å². The van der Waals surface area contributed by atoms with Gasteiger partial charge in [-0.2, -0.15) is 4.98 Å². The minimum absolute atomic E-state index is 0.216. The van der Waals surface area contributed by atoms with E-state index in [0.29, 0.717) is 17.5 Å². The van der Waals surface area contributed by atoms with E-state index in [1.54, 1.807) is 18.9 Å². The minimum Gasteiger partial charge on any atom is -0.497 e. The predicted molar refractivity (Wildman–Crippen MR) is 125 cm³/mol. The highest BCUT2D eigenvalue weighted by Crippen LogP contribution is 2.30. The number of aromatic nitrogens is 5. The summed E-state index contributed by atoms with van der Waals surface area (Å²) in [4.78, 5) is 6.92. The topological polar surface area (TPSA) is 91.3 Å². The monoisotopic (exact) mass is 470 g/mol. The van der Waals surface area contributed by atoms with Gasteiger partial charge in [-0.1, -0.05) is 23.8 Å². The van der Waals surface area contributed by atoms with Crippen LogP contribution in [0.2, 0.25) is 0 Å². The first-order chi connectivity index (χ1) is 16.2. The average molecular weight is 471 g/mol. The number of anilines is 1. The van der Waals surface area contributed by atoms with Crippen LogP contribution >= 0.6 is 11.8 Å². The lowest BCUT2D eigenvalue weighted by atomic mass is 10.00. The van der Waals surface area contributed by atoms with Crippen molar-refractivity contribution in [1.82, 2.24) is 24.9 Å². The fourth-order valence-electron chi connectivity index (χ4n) is 4.28. The molecule has 10 heteroatoms. The molecule has 2 fully saturated rings. The Morgan fingerprint density at radius 2 is 1.94 bits per heavy atom. The van der Waals surface area contributed by atoms with E-state index >= 15 is 0 Å². The summed E-state index contributed by atoms with van der Waals surface area (Å²) in [5.41, 5.74) is 0.888. The molecule has 0 saturated carbocycles. The van der Waals surface area contributed by atoms with Crippen LogP contribution in [-0.2, 0) is 17.0 Å². The summed E-state index contributed by atoms with van der Waals surface area (Å²) in [5, 5.41) is 14.1. The number of hydrogen-bond acceptors (Lipinski definition) is 9. The van der Waals surface area contributed by atoms with Crippen LogP contribution in [0, 0.1) is 5.92 Å². The van der Waals surface area contributed by atoms with Gasteiger partial charge in [0.05, 0.1) is 25.5 Å². The summed E-state index contributed by atoms with van der Waals surface area (Å²) in [5.74, 6) is 4.17. The van der Waals surface area contributed by atoms with Crippen molar-refractivity contribution in [2.45, 2.75) is 56.2 Å². The Balaban J connectivity index is 1.30. The van der Waals surface area contributed by atoms with Crippen molar-refractivity contribution >= 4 is 17.7 Å². The molecular formula is C23H30N6O3S. The lowest BCUT2D eigenvalue weighted by Gasteiger charge is -2.31. The van der Waals surface area contributed by atoms with Crippen molar-refractivity contribution in [3.05, 3.63) is 30.2 Å². The van der Waals surface area contributed by atoms with Gasteiger partial charge in [-0.15, -0.1) is 10.2 Å². The van der Waals surface area contributed by atoms with Crippen LogP contribution in [0.1, 0.15) is 38.5 Å². The van der Waals surface area contributed by atoms with Gasteiger partial charge >= 0.3 is 0 Å². The number of nitrogens with zero attached hydrogens (tertiary/aromatic N) is 6. The first kappa shape index (κ1) is 22.2. The van der Waals surface area contributed by atoms with Gasteiger partial charge in [-0.05, 0) is 55.9 Å². The van der Waals surface area contributed by atoms with Gasteiger partial charge in [0.1, 0.15) is 5.75 Å². The third-order valence-electron chi connectivity index (χ3n) is 6.32. The fourth-order valence-corrected chi connectivity index (χ4v) is 5.06. The molecule has 4 heterocycles. The maximum atomic E-state index is 5.92. The second-order valence-corrected chi connectivity index (χ2v) is 9.67. The molecule has 2 aliphatic rings. The molecule has 0 N–H and O–H groups in total. The Morgan fingerprint density at radius 1 is 1.12 bits per heavy atom. The van der Waals surface area contributed by atoms with Crippen molar-refractivity contribution in [2.24, 2.45) is 5.92 Å². The zero-order valence-electron chi connectivity index (χ0n) is 19.1. The van der Waals surface area contributed by atoms with E-state index in [4.69, 9.17) is 14.0 Å². The molecule has 0 aliphatic carbocycles. The molecule has 1 aromatic carbocycles. The van der Waals surface area contributed by atoms with Gasteiger partial charge in [0, 0.05) is 25.3 Å². The van der Waals surface area contributed by atoms with Crippen molar-refractivity contribution in [3.63, 3.8) is 0 Å². The highest BCUT2D eigenvalue weighted by Gasteiger charge is 2.26. The summed E-state index contributed by atoms with van der Waals surface area (Å²) in [7, 11) is 1.65. The second-order valence-electron chi connectivity index (χ2n) is 8.73. The largest absolute Gasteiger partial charge is 0.497 e. The van der Waals surface area contributed by atoms with E-state index in [0.717, 1.165) is 67.4 Å². The Labute approximate surface area is 197 Å². The Morgan fingerprint density at radius 3 is 2.67 bits per heavy atom. The zero-order chi connectivity index (χ0) is 22.6. The van der Waals surface area contributed by atoms with Gasteiger partial charge in [0.2, 0.25) is 17.7 Å². The lowest BCUT2D eigenvalue weighted by Crippen LogP contribution is -2.35. The fraction of sp³-hybridized carbons (Fsp3) is 0.565. The van der Waals surface area contributed by atoms with E-state index in [-0.39, 0.29) is 6.10 Å². The quantitative estimate of drug-likeness (QED) is 0.452. The normalized spacial score (nSPS) is 19.3. The molecule has 1 unspecified atom stereocenters. The van der Waals surface area contributed by atoms with Crippen molar-refractivity contribution in [1.29, 1.82) is 0 Å². The summed E-state index contributed by atoms with van der Waals surface area (Å²) in [6.45, 7) is 5.97. The van der Waals surface area contributed by atoms with Crippen LogP contribution in [0.3, 0.4) is 0 Å². The Hall–Kier alpha value is -2.59. The molecule has 2 saturated heterocycles. The number of benzene rings is 1. The molecule has 0 radical (unpaired) electrons. The van der Waals surface area contributed by atoms with Crippen molar-refractivity contribution < 1.29 is 14.0 Å². The molecule has 3 aromatic rings. The summed E-state index contributed by atoms with van der Waals surface area (Å²) < 4.78 is 18.9. The van der Waals surface area contributed by atoms with Gasteiger partial charge in [-0.3, -0.25) is 4.57 Å². The van der Waals surface area contributed by atoms with E-state index in [9.17, 15) is 0 Å². The van der Waals surface area contributed by atoms with Gasteiger partial charge in [0.15, 0.2) is 5.16 Å². The molecule has 0 spiro atoms. The van der Waals surface area contributed by atoms with Crippen LogP contribution in [0.4, 0.5) is 5.95 Å². The average Bonchev–Trinajstić information content (AvgIpc) is 3.61. The molecule has 9 nitrogen and oxygen atoms in total. The minimum atomic E-state index is 0.216. The van der Waals surface area contributed by atoms with E-state index in [1.165, 1.54) is 12.8 Å². The first-order valence-electron chi connectivity index (χ1n) is 11.6. The Kier molecular flexibility index (Phi) is 6.82. The molecule has 33 heavy (non-hydrogen) atoms. The molecule has 2 aromatic heterocycles. The molecule has 1 atom stereocenters. The van der Waals surface area contributed by atoms with Crippen LogP contribution in [0.15, 0.2) is 33.9 Å². The molecule has 0 amide bonds. The maximum absolute atomic E-state index is 5.92. The van der Waals surface area contributed by atoms with Crippen LogP contribution in [0.25, 0.3) is 11.4 Å². The maximum Gasteiger partial charge on any atom is 0.237 e. The predicted octanol–water partition coefficient (Wildman–Crippen LogP) is 4.04. The Bertz CT molecular complexity index is 1040. The number of ether oxygens (including phenoxy) is 2. The smallest absolute Gasteiger partial charge is 0.237 e. The van der Waals surface area contributed by atoms with Crippen LogP contribution < -0.4 is 9.64 Å². The van der Waals surface area contributed by atoms with Crippen molar-refractivity contribution in [3.8, 4) is 17.1 Å². The molecule has 2 aliphatic heterocycles. The summed E-state index contributed by atoms with van der Waals surface area (Å²) >= 11 is 1.57. The molecule has 0 bridgehead atoms. The highest BCUT2D eigenvalue weighted by molar-refractivity contribution is 7.98. The number of piperidine rings is 1. The summed E-state index contributed by atoms with van der Waals surface area (Å²) in [6.07, 6.45) is 4.78. The molecule has 5 rings (SSSR count). The highest BCUT2D eigenvalue weighted by atomic mass is 32.2. The lowest BCUT2D eigenvalue weighted by molar-refractivity contribution is 0.0951. The number of methoxy groups -OCH3 is 1. The van der Waals surface area contributed by atoms with Gasteiger partial charge < -0.3 is 18.9 Å².